The van der Waals surface area contributed by atoms with E-state index in [-0.39, 0.29) is 56.3 Å². The summed E-state index contributed by atoms with van der Waals surface area (Å²) < 4.78 is 33.3. The molecule has 0 bridgehead atoms. The van der Waals surface area contributed by atoms with Gasteiger partial charge < -0.3 is 4.55 Å². The topological polar surface area (TPSA) is 57.2 Å². The van der Waals surface area contributed by atoms with Crippen LogP contribution < -0.4 is 51.4 Å². The zero-order valence-electron chi connectivity index (χ0n) is 10.0. The molecule has 0 aliphatic heterocycles. The van der Waals surface area contributed by atoms with Crippen LogP contribution >= 0.6 is 0 Å². The summed E-state index contributed by atoms with van der Waals surface area (Å²) in [4.78, 5) is -0.145. The largest absolute Gasteiger partial charge is 1.00 e. The van der Waals surface area contributed by atoms with Crippen molar-refractivity contribution in [1.82, 2.24) is 0 Å². The molecule has 0 amide bonds. The molecule has 2 rings (SSSR count). The maximum Gasteiger partial charge on any atom is 1.00 e. The van der Waals surface area contributed by atoms with E-state index >= 15 is 0 Å². The van der Waals surface area contributed by atoms with E-state index in [9.17, 15) is 13.0 Å². The van der Waals surface area contributed by atoms with Crippen molar-refractivity contribution in [2.75, 3.05) is 0 Å². The first-order valence-electron chi connectivity index (χ1n) is 4.86. The van der Waals surface area contributed by atoms with Gasteiger partial charge in [0.05, 0.1) is 4.90 Å². The second-order valence-corrected chi connectivity index (χ2v) is 5.16. The smallest absolute Gasteiger partial charge is 0.744 e. The predicted octanol–water partition coefficient (Wildman–Crippen LogP) is -0.635. The van der Waals surface area contributed by atoms with Crippen LogP contribution in [-0.4, -0.2) is 13.0 Å². The maximum absolute atomic E-state index is 11.1. The summed E-state index contributed by atoms with van der Waals surface area (Å²) in [5.41, 5.74) is 2.08. The van der Waals surface area contributed by atoms with Gasteiger partial charge >= 0.3 is 51.4 Å². The van der Waals surface area contributed by atoms with E-state index in [0.29, 0.717) is 5.39 Å². The molecule has 0 N–H and O–H groups in total. The Bertz CT molecular complexity index is 663. The predicted molar refractivity (Wildman–Crippen MR) is 61.4 cm³/mol. The first-order chi connectivity index (χ1) is 7.41. The Labute approximate surface area is 143 Å². The van der Waals surface area contributed by atoms with Crippen LogP contribution in [0.4, 0.5) is 0 Å². The Hall–Kier alpha value is 0.246. The van der Waals surface area contributed by atoms with Crippen LogP contribution in [0, 0.1) is 13.8 Å². The van der Waals surface area contributed by atoms with Crippen LogP contribution in [0.15, 0.2) is 35.2 Å². The molecular formula is C12H11KO3S. The van der Waals surface area contributed by atoms with Gasteiger partial charge in [0.15, 0.2) is 0 Å². The molecule has 0 aromatic heterocycles. The van der Waals surface area contributed by atoms with Crippen LogP contribution in [0.3, 0.4) is 0 Å². The summed E-state index contributed by atoms with van der Waals surface area (Å²) in [6.07, 6.45) is 0. The SMILES string of the molecule is Cc1ccc2c(S(=O)(=O)[O-])cccc2c1C.[K+]. The Balaban J connectivity index is 0.00000144. The zero-order valence-corrected chi connectivity index (χ0v) is 14.0. The van der Waals surface area contributed by atoms with Crippen LogP contribution in [0.25, 0.3) is 10.8 Å². The third kappa shape index (κ3) is 2.98. The molecule has 0 aliphatic rings. The average molecular weight is 274 g/mol. The molecule has 0 fully saturated rings. The van der Waals surface area contributed by atoms with Gasteiger partial charge in [-0.15, -0.1) is 0 Å². The fourth-order valence-electron chi connectivity index (χ4n) is 1.81. The number of rotatable bonds is 1. The van der Waals surface area contributed by atoms with Gasteiger partial charge in [-0.25, -0.2) is 8.42 Å². The number of fused-ring (bicyclic) bond motifs is 1. The summed E-state index contributed by atoms with van der Waals surface area (Å²) >= 11 is 0. The Kier molecular flexibility index (Phi) is 4.94. The van der Waals surface area contributed by atoms with E-state index in [2.05, 4.69) is 0 Å². The molecule has 0 aliphatic carbocycles. The van der Waals surface area contributed by atoms with Crippen molar-refractivity contribution in [2.24, 2.45) is 0 Å². The van der Waals surface area contributed by atoms with Gasteiger partial charge in [0.1, 0.15) is 10.1 Å². The standard InChI is InChI=1S/C12H12O3S.K/c1-8-6-7-11-10(9(8)2)4-3-5-12(11)16(13,14)15;/h3-7H,1-2H3,(H,13,14,15);/q;+1/p-1. The van der Waals surface area contributed by atoms with Gasteiger partial charge in [-0.2, -0.15) is 0 Å². The van der Waals surface area contributed by atoms with E-state index in [1.54, 1.807) is 12.1 Å². The van der Waals surface area contributed by atoms with E-state index in [4.69, 9.17) is 0 Å². The molecule has 2 aromatic carbocycles. The van der Waals surface area contributed by atoms with Crippen molar-refractivity contribution in [3.8, 4) is 0 Å². The van der Waals surface area contributed by atoms with E-state index in [0.717, 1.165) is 16.5 Å². The van der Waals surface area contributed by atoms with Gasteiger partial charge in [0, 0.05) is 0 Å². The van der Waals surface area contributed by atoms with E-state index in [1.165, 1.54) is 6.07 Å². The number of benzene rings is 2. The van der Waals surface area contributed by atoms with Crippen molar-refractivity contribution in [2.45, 2.75) is 18.7 Å². The Morgan fingerprint density at radius 2 is 1.65 bits per heavy atom. The van der Waals surface area contributed by atoms with Gasteiger partial charge in [-0.3, -0.25) is 0 Å². The number of hydrogen-bond acceptors (Lipinski definition) is 3. The molecule has 84 valence electrons. The third-order valence-corrected chi connectivity index (χ3v) is 3.73. The van der Waals surface area contributed by atoms with Crippen LogP contribution in [0.1, 0.15) is 11.1 Å². The van der Waals surface area contributed by atoms with Crippen molar-refractivity contribution in [1.29, 1.82) is 0 Å². The van der Waals surface area contributed by atoms with Gasteiger partial charge in [-0.05, 0) is 41.8 Å². The molecule has 0 saturated heterocycles. The van der Waals surface area contributed by atoms with Crippen molar-refractivity contribution in [3.05, 3.63) is 41.5 Å². The maximum atomic E-state index is 11.1. The zero-order chi connectivity index (χ0) is 11.9. The fraction of sp³-hybridized carbons (Fsp3) is 0.167. The third-order valence-electron chi connectivity index (χ3n) is 2.83. The molecule has 17 heavy (non-hydrogen) atoms. The van der Waals surface area contributed by atoms with Crippen LogP contribution in [0.5, 0.6) is 0 Å². The summed E-state index contributed by atoms with van der Waals surface area (Å²) in [5, 5.41) is 1.32. The average Bonchev–Trinajstić information content (AvgIpc) is 2.21. The summed E-state index contributed by atoms with van der Waals surface area (Å²) in [6.45, 7) is 3.87. The first-order valence-corrected chi connectivity index (χ1v) is 6.27. The molecule has 0 unspecified atom stereocenters. The molecule has 0 radical (unpaired) electrons. The second kappa shape index (κ2) is 5.48. The molecule has 0 saturated carbocycles. The quantitative estimate of drug-likeness (QED) is 0.514. The van der Waals surface area contributed by atoms with Gasteiger partial charge in [0.25, 0.3) is 0 Å². The van der Waals surface area contributed by atoms with E-state index in [1.807, 2.05) is 26.0 Å². The second-order valence-electron chi connectivity index (χ2n) is 3.81. The Morgan fingerprint density at radius 1 is 1.00 bits per heavy atom. The minimum Gasteiger partial charge on any atom is -0.744 e. The van der Waals surface area contributed by atoms with Crippen LogP contribution in [-0.2, 0) is 10.1 Å². The summed E-state index contributed by atoms with van der Waals surface area (Å²) in [7, 11) is -4.41. The van der Waals surface area contributed by atoms with Gasteiger partial charge in [-0.1, -0.05) is 24.3 Å². The first kappa shape index (κ1) is 15.3. The number of hydrogen-bond donors (Lipinski definition) is 0. The molecule has 0 heterocycles. The molecule has 0 atom stereocenters. The van der Waals surface area contributed by atoms with Crippen molar-refractivity contribution >= 4 is 20.9 Å². The molecular weight excluding hydrogens is 263 g/mol. The fourth-order valence-corrected chi connectivity index (χ4v) is 2.50. The van der Waals surface area contributed by atoms with Crippen molar-refractivity contribution < 1.29 is 64.4 Å². The molecule has 3 nitrogen and oxygen atoms in total. The Morgan fingerprint density at radius 3 is 2.24 bits per heavy atom. The minimum atomic E-state index is -4.41. The summed E-state index contributed by atoms with van der Waals surface area (Å²) in [5.74, 6) is 0. The monoisotopic (exact) mass is 274 g/mol. The molecule has 5 heteroatoms. The van der Waals surface area contributed by atoms with Crippen LogP contribution in [0.2, 0.25) is 0 Å². The van der Waals surface area contributed by atoms with Gasteiger partial charge in [0.2, 0.25) is 0 Å². The number of aryl methyl sites for hydroxylation is 2. The van der Waals surface area contributed by atoms with E-state index < -0.39 is 10.1 Å². The molecule has 2 aromatic rings. The normalized spacial score (nSPS) is 11.2. The summed E-state index contributed by atoms with van der Waals surface area (Å²) in [6, 6.07) is 8.28. The molecule has 0 spiro atoms. The minimum absolute atomic E-state index is 0. The van der Waals surface area contributed by atoms with Crippen molar-refractivity contribution in [3.63, 3.8) is 0 Å².